The van der Waals surface area contributed by atoms with Crippen LogP contribution in [0.3, 0.4) is 0 Å². The lowest BCUT2D eigenvalue weighted by Gasteiger charge is -2.42. The van der Waals surface area contributed by atoms with E-state index in [2.05, 4.69) is 10.5 Å². The SMILES string of the molecule is CO[C@H]1C[C@@H]2CC[C@@H](C)[C@@](O)(O2)C(=O)C(=O)N2CCCC[C@H]2C(=O)O[C@H]([C@H](N)C[C@@H]2CC[C@@H](O)[C@H](OC)C2)C[C@@H](O)[C@H](C)/C=C(\C)[C@@H](O)[C@@H](O)C(=NOCC(=O)NCCOCCC(C)=O)[C@H](C)C[C@H](C)/C=C/C=C/C=C/1C. The van der Waals surface area contributed by atoms with Crippen molar-refractivity contribution in [3.63, 3.8) is 0 Å². The maximum Gasteiger partial charge on any atom is 0.329 e. The molecule has 0 aromatic rings. The molecule has 20 nitrogen and oxygen atoms in total. The highest BCUT2D eigenvalue weighted by Gasteiger charge is 2.53. The molecule has 0 unspecified atom stereocenters. The molecule has 4 aliphatic rings. The summed E-state index contributed by atoms with van der Waals surface area (Å²) in [4.78, 5) is 73.6. The summed E-state index contributed by atoms with van der Waals surface area (Å²) in [5, 5.41) is 64.8. The van der Waals surface area contributed by atoms with Crippen LogP contribution >= 0.6 is 0 Å². The second kappa shape index (κ2) is 32.1. The average Bonchev–Trinajstić information content (AvgIpc) is 3.39. The highest BCUT2D eigenvalue weighted by molar-refractivity contribution is 6.39. The number of hydrogen-bond donors (Lipinski definition) is 7. The van der Waals surface area contributed by atoms with Crippen molar-refractivity contribution in [2.24, 2.45) is 40.5 Å². The molecule has 0 aromatic heterocycles. The van der Waals surface area contributed by atoms with Crippen LogP contribution in [-0.2, 0) is 52.5 Å². The van der Waals surface area contributed by atoms with Gasteiger partial charge >= 0.3 is 5.97 Å². The van der Waals surface area contributed by atoms with Gasteiger partial charge < -0.3 is 70.0 Å². The van der Waals surface area contributed by atoms with E-state index < -0.39 is 115 Å². The van der Waals surface area contributed by atoms with Gasteiger partial charge in [0.1, 0.15) is 30.1 Å². The number of cyclic esters (lactones) is 1. The normalized spacial score (nSPS) is 37.3. The van der Waals surface area contributed by atoms with E-state index in [-0.39, 0.29) is 80.9 Å². The number of fused-ring (bicyclic) bond motifs is 3. The molecule has 20 heteroatoms. The number of ether oxygens (including phenoxy) is 5. The number of nitrogens with zero attached hydrogens (tertiary/aromatic N) is 2. The van der Waals surface area contributed by atoms with Crippen LogP contribution < -0.4 is 11.1 Å². The highest BCUT2D eigenvalue weighted by Crippen LogP contribution is 2.37. The lowest BCUT2D eigenvalue weighted by Crippen LogP contribution is -2.61. The molecule has 3 fully saturated rings. The summed E-state index contributed by atoms with van der Waals surface area (Å²) in [6, 6.07) is -2.04. The van der Waals surface area contributed by atoms with Crippen LogP contribution in [0.2, 0.25) is 0 Å². The average molecular weight is 1090 g/mol. The number of methoxy groups -OCH3 is 2. The van der Waals surface area contributed by atoms with Crippen molar-refractivity contribution in [1.82, 2.24) is 10.2 Å². The summed E-state index contributed by atoms with van der Waals surface area (Å²) in [5.74, 6) is -8.08. The highest BCUT2D eigenvalue weighted by atomic mass is 16.6. The molecule has 3 aliphatic heterocycles. The predicted octanol–water partition coefficient (Wildman–Crippen LogP) is 3.92. The Hall–Kier alpha value is -4.22. The Balaban J connectivity index is 1.70. The number of hydrogen-bond acceptors (Lipinski definition) is 18. The molecule has 0 spiro atoms. The second-order valence-electron chi connectivity index (χ2n) is 22.1. The number of nitrogens with two attached hydrogens (primary N) is 1. The summed E-state index contributed by atoms with van der Waals surface area (Å²) >= 11 is 0. The number of allylic oxidation sites excluding steroid dienone is 5. The zero-order valence-electron chi connectivity index (χ0n) is 47.1. The van der Waals surface area contributed by atoms with Gasteiger partial charge in [0, 0.05) is 70.4 Å². The van der Waals surface area contributed by atoms with Gasteiger partial charge in [-0.15, -0.1) is 0 Å². The number of nitrogens with one attached hydrogen (secondary N) is 1. The molecular weight excluding hydrogens is 997 g/mol. The van der Waals surface area contributed by atoms with Gasteiger partial charge in [0.2, 0.25) is 5.79 Å². The van der Waals surface area contributed by atoms with Crippen molar-refractivity contribution in [3.05, 3.63) is 47.6 Å². The van der Waals surface area contributed by atoms with E-state index in [1.54, 1.807) is 34.0 Å². The Morgan fingerprint density at radius 1 is 0.883 bits per heavy atom. The van der Waals surface area contributed by atoms with Gasteiger partial charge in [-0.25, -0.2) is 4.79 Å². The number of oxime groups is 1. The van der Waals surface area contributed by atoms with Crippen LogP contribution in [0.1, 0.15) is 132 Å². The summed E-state index contributed by atoms with van der Waals surface area (Å²) in [6.07, 6.45) is 8.19. The van der Waals surface area contributed by atoms with Gasteiger partial charge in [-0.1, -0.05) is 69.3 Å². The molecule has 1 aliphatic carbocycles. The van der Waals surface area contributed by atoms with Crippen molar-refractivity contribution in [3.8, 4) is 0 Å². The molecule has 2 bridgehead atoms. The topological polar surface area (TPSA) is 296 Å². The molecule has 4 rings (SSSR count). The van der Waals surface area contributed by atoms with Crippen LogP contribution in [0.15, 0.2) is 52.8 Å². The van der Waals surface area contributed by atoms with Crippen molar-refractivity contribution < 1.29 is 78.0 Å². The third kappa shape index (κ3) is 19.8. The molecule has 436 valence electrons. The number of carbonyl (C=O) groups is 5. The fraction of sp³-hybridized carbons (Fsp3) is 0.754. The molecule has 77 heavy (non-hydrogen) atoms. The van der Waals surface area contributed by atoms with E-state index in [9.17, 15) is 49.5 Å². The van der Waals surface area contributed by atoms with E-state index in [4.69, 9.17) is 34.3 Å². The Bertz CT molecular complexity index is 2080. The molecular formula is C57H92N4O16. The molecule has 3 heterocycles. The van der Waals surface area contributed by atoms with Crippen LogP contribution in [0.25, 0.3) is 0 Å². The van der Waals surface area contributed by atoms with Crippen molar-refractivity contribution in [2.45, 2.75) is 199 Å². The van der Waals surface area contributed by atoms with Gasteiger partial charge in [-0.05, 0) is 108 Å². The first-order chi connectivity index (χ1) is 36.5. The van der Waals surface area contributed by atoms with Gasteiger partial charge in [0.05, 0.1) is 49.4 Å². The number of aliphatic hydroxyl groups excluding tert-OH is 4. The lowest BCUT2D eigenvalue weighted by atomic mass is 9.80. The minimum atomic E-state index is -2.47. The minimum absolute atomic E-state index is 0.00656. The number of Topliss-reactive ketones (excluding diaryl/α,β-unsaturated/α-hetero) is 2. The van der Waals surface area contributed by atoms with Gasteiger partial charge in [-0.3, -0.25) is 19.2 Å². The zero-order chi connectivity index (χ0) is 57.0. The Kier molecular flexibility index (Phi) is 27.3. The van der Waals surface area contributed by atoms with Crippen molar-refractivity contribution >= 4 is 35.1 Å². The number of piperidine rings is 1. The largest absolute Gasteiger partial charge is 0.459 e. The summed E-state index contributed by atoms with van der Waals surface area (Å²) < 4.78 is 29.2. The lowest BCUT2D eigenvalue weighted by molar-refractivity contribution is -0.265. The summed E-state index contributed by atoms with van der Waals surface area (Å²) in [7, 11) is 3.09. The number of rotatable bonds is 14. The molecule has 8 N–H and O–H groups in total. The number of ketones is 2. The maximum atomic E-state index is 14.5. The smallest absolute Gasteiger partial charge is 0.329 e. The van der Waals surface area contributed by atoms with Gasteiger partial charge in [0.15, 0.2) is 6.61 Å². The van der Waals surface area contributed by atoms with E-state index in [1.807, 2.05) is 51.2 Å². The molecule has 2 amide bonds. The fourth-order valence-corrected chi connectivity index (χ4v) is 10.8. The number of amides is 2. The van der Waals surface area contributed by atoms with Crippen molar-refractivity contribution in [1.29, 1.82) is 0 Å². The molecule has 2 saturated heterocycles. The van der Waals surface area contributed by atoms with E-state index >= 15 is 0 Å². The standard InChI is InChI=1S/C57H92N4O16/c1-34-15-11-10-12-16-35(2)47(72-8)31-42-20-18-39(6)57(71,77-42)54(68)55(69)61-24-14-13-17-44(61)56(70)76-48(43(58)29-41-19-21-45(63)49(30-41)73-9)32-46(64)36(3)28-38(5)52(66)53(67)51(37(4)27-34)60-75-33-50(65)59-23-26-74-25-22-40(7)62/h10-12,15-16,28,34,36-37,39,41-49,52-53,63-64,66-67,71H,13-14,17-27,29-33,58H2,1-9H3,(H,59,65)/b12-10+,15-11+,35-16+,38-28+,60-51?/t34-,36-,37-,39-,41+,42+,43-,44+,45-,46-,47+,48+,49-,52-,53+,57-/m1/s1. The van der Waals surface area contributed by atoms with E-state index in [0.29, 0.717) is 57.8 Å². The third-order valence-electron chi connectivity index (χ3n) is 15.7. The second-order valence-corrected chi connectivity index (χ2v) is 22.1. The molecule has 0 aromatic carbocycles. The van der Waals surface area contributed by atoms with Crippen LogP contribution in [-0.4, -0.2) is 179 Å². The molecule has 16 atom stereocenters. The van der Waals surface area contributed by atoms with E-state index in [1.165, 1.54) is 14.0 Å². The molecule has 1 saturated carbocycles. The fourth-order valence-electron chi connectivity index (χ4n) is 10.8. The van der Waals surface area contributed by atoms with Gasteiger partial charge in [0.25, 0.3) is 17.6 Å². The zero-order valence-corrected chi connectivity index (χ0v) is 47.1. The monoisotopic (exact) mass is 1090 g/mol. The molecule has 0 radical (unpaired) electrons. The third-order valence-corrected chi connectivity index (χ3v) is 15.7. The first-order valence-electron chi connectivity index (χ1n) is 27.7. The van der Waals surface area contributed by atoms with Crippen LogP contribution in [0.4, 0.5) is 0 Å². The minimum Gasteiger partial charge on any atom is -0.459 e. The quantitative estimate of drug-likeness (QED) is 0.0426. The first kappa shape index (κ1) is 65.3. The Morgan fingerprint density at radius 2 is 1.62 bits per heavy atom. The number of esters is 1. The summed E-state index contributed by atoms with van der Waals surface area (Å²) in [6.45, 7) is 12.2. The van der Waals surface area contributed by atoms with Crippen LogP contribution in [0.5, 0.6) is 0 Å². The van der Waals surface area contributed by atoms with Crippen LogP contribution in [0, 0.1) is 29.6 Å². The first-order valence-corrected chi connectivity index (χ1v) is 27.7. The number of aliphatic hydroxyl groups is 5. The van der Waals surface area contributed by atoms with Gasteiger partial charge in [-0.2, -0.15) is 0 Å². The Labute approximate surface area is 455 Å². The Morgan fingerprint density at radius 3 is 2.32 bits per heavy atom. The van der Waals surface area contributed by atoms with E-state index in [0.717, 1.165) is 10.5 Å². The maximum absolute atomic E-state index is 14.5. The number of carbonyl (C=O) groups excluding carboxylic acids is 5. The predicted molar refractivity (Wildman–Crippen MR) is 288 cm³/mol. The van der Waals surface area contributed by atoms with Crippen molar-refractivity contribution in [2.75, 3.05) is 47.1 Å². The summed E-state index contributed by atoms with van der Waals surface area (Å²) in [5.41, 5.74) is 8.12.